The highest BCUT2D eigenvalue weighted by Gasteiger charge is 2.28. The minimum atomic E-state index is -3.69. The van der Waals surface area contributed by atoms with Crippen molar-refractivity contribution in [1.29, 1.82) is 0 Å². The Morgan fingerprint density at radius 1 is 1.35 bits per heavy atom. The number of rotatable bonds is 7. The van der Waals surface area contributed by atoms with E-state index in [-0.39, 0.29) is 23.7 Å². The van der Waals surface area contributed by atoms with E-state index in [1.54, 1.807) is 6.07 Å². The van der Waals surface area contributed by atoms with E-state index in [4.69, 9.17) is 5.73 Å². The molecule has 0 atom stereocenters. The zero-order chi connectivity index (χ0) is 15.4. The number of nitrogen functional groups attached to an aromatic ring is 1. The van der Waals surface area contributed by atoms with Crippen LogP contribution in [0.2, 0.25) is 0 Å². The first-order valence-electron chi connectivity index (χ1n) is 6.46. The Hall–Kier alpha value is -0.630. The summed E-state index contributed by atoms with van der Waals surface area (Å²) in [6, 6.07) is 4.69. The maximum absolute atomic E-state index is 12.3. The van der Waals surface area contributed by atoms with Gasteiger partial charge in [0.1, 0.15) is 4.90 Å². The van der Waals surface area contributed by atoms with Gasteiger partial charge in [-0.1, -0.05) is 29.8 Å². The van der Waals surface area contributed by atoms with E-state index in [1.165, 1.54) is 12.1 Å². The molecule has 0 aliphatic rings. The number of aliphatic hydroxyl groups excluding tert-OH is 1. The third-order valence-corrected chi connectivity index (χ3v) is 5.69. The van der Waals surface area contributed by atoms with Crippen molar-refractivity contribution < 1.29 is 13.5 Å². The topological polar surface area (TPSA) is 92.4 Å². The lowest BCUT2D eigenvalue weighted by atomic mass is 9.84. The second-order valence-corrected chi connectivity index (χ2v) is 7.52. The molecule has 0 saturated carbocycles. The Kier molecular flexibility index (Phi) is 6.00. The highest BCUT2D eigenvalue weighted by molar-refractivity contribution is 9.10. The number of nitrogens with two attached hydrogens (primary N) is 1. The zero-order valence-electron chi connectivity index (χ0n) is 11.7. The molecular weight excluding hydrogens is 344 g/mol. The lowest BCUT2D eigenvalue weighted by Crippen LogP contribution is -2.39. The largest absolute Gasteiger partial charge is 0.398 e. The molecule has 0 aromatic heterocycles. The minimum absolute atomic E-state index is 0.0471. The van der Waals surface area contributed by atoms with Crippen LogP contribution in [0.5, 0.6) is 0 Å². The molecule has 1 aromatic rings. The summed E-state index contributed by atoms with van der Waals surface area (Å²) in [6.07, 6.45) is 1.38. The molecule has 0 heterocycles. The van der Waals surface area contributed by atoms with Crippen molar-refractivity contribution >= 4 is 31.6 Å². The van der Waals surface area contributed by atoms with Gasteiger partial charge in [-0.3, -0.25) is 0 Å². The van der Waals surface area contributed by atoms with Gasteiger partial charge < -0.3 is 10.8 Å². The highest BCUT2D eigenvalue weighted by atomic mass is 79.9. The number of sulfonamides is 1. The number of anilines is 1. The molecule has 0 spiro atoms. The van der Waals surface area contributed by atoms with Crippen molar-refractivity contribution in [1.82, 2.24) is 4.72 Å². The van der Waals surface area contributed by atoms with E-state index < -0.39 is 15.4 Å². The van der Waals surface area contributed by atoms with Crippen LogP contribution < -0.4 is 10.5 Å². The Bertz CT molecular complexity index is 548. The van der Waals surface area contributed by atoms with Gasteiger partial charge in [-0.25, -0.2) is 13.1 Å². The number of aliphatic hydroxyl groups is 1. The van der Waals surface area contributed by atoms with E-state index in [0.29, 0.717) is 17.3 Å². The standard InChI is InChI=1S/C13H21BrN2O3S/c1-3-13(4-2,9-17)8-16-20(18,19)12-7-10(14)5-6-11(12)15/h5-7,16-17H,3-4,8-9,15H2,1-2H3. The molecule has 1 rings (SSSR count). The molecule has 0 aliphatic heterocycles. The van der Waals surface area contributed by atoms with Gasteiger partial charge in [0.15, 0.2) is 0 Å². The van der Waals surface area contributed by atoms with Gasteiger partial charge in [-0.15, -0.1) is 0 Å². The lowest BCUT2D eigenvalue weighted by molar-refractivity contribution is 0.119. The smallest absolute Gasteiger partial charge is 0.242 e. The quantitative estimate of drug-likeness (QED) is 0.646. The Balaban J connectivity index is 2.98. The molecule has 0 radical (unpaired) electrons. The average molecular weight is 365 g/mol. The van der Waals surface area contributed by atoms with Crippen molar-refractivity contribution in [3.63, 3.8) is 0 Å². The fourth-order valence-electron chi connectivity index (χ4n) is 1.85. The van der Waals surface area contributed by atoms with Crippen molar-refractivity contribution in [3.8, 4) is 0 Å². The Morgan fingerprint density at radius 3 is 2.45 bits per heavy atom. The SMILES string of the molecule is CCC(CC)(CO)CNS(=O)(=O)c1cc(Br)ccc1N. The normalized spacial score (nSPS) is 12.6. The van der Waals surface area contributed by atoms with E-state index in [2.05, 4.69) is 20.7 Å². The van der Waals surface area contributed by atoms with Crippen LogP contribution in [-0.4, -0.2) is 26.7 Å². The summed E-state index contributed by atoms with van der Waals surface area (Å²) in [4.78, 5) is 0.0471. The second kappa shape index (κ2) is 6.89. The summed E-state index contributed by atoms with van der Waals surface area (Å²) >= 11 is 3.23. The van der Waals surface area contributed by atoms with E-state index >= 15 is 0 Å². The monoisotopic (exact) mass is 364 g/mol. The maximum Gasteiger partial charge on any atom is 0.242 e. The number of nitrogens with one attached hydrogen (secondary N) is 1. The van der Waals surface area contributed by atoms with Crippen LogP contribution in [0.1, 0.15) is 26.7 Å². The van der Waals surface area contributed by atoms with Gasteiger partial charge in [0.05, 0.1) is 5.69 Å². The van der Waals surface area contributed by atoms with Crippen molar-refractivity contribution in [2.24, 2.45) is 5.41 Å². The first-order chi connectivity index (χ1) is 9.30. The fourth-order valence-corrected chi connectivity index (χ4v) is 3.67. The van der Waals surface area contributed by atoms with Gasteiger partial charge >= 0.3 is 0 Å². The van der Waals surface area contributed by atoms with Crippen LogP contribution in [-0.2, 0) is 10.0 Å². The molecule has 0 fully saturated rings. The Labute approximate surface area is 128 Å². The summed E-state index contributed by atoms with van der Waals surface area (Å²) in [5, 5.41) is 9.48. The summed E-state index contributed by atoms with van der Waals surface area (Å²) in [5.41, 5.74) is 5.48. The van der Waals surface area contributed by atoms with Gasteiger partial charge in [-0.2, -0.15) is 0 Å². The van der Waals surface area contributed by atoms with Gasteiger partial charge in [0, 0.05) is 23.0 Å². The summed E-state index contributed by atoms with van der Waals surface area (Å²) in [7, 11) is -3.69. The number of halogens is 1. The van der Waals surface area contributed by atoms with Crippen LogP contribution in [0.3, 0.4) is 0 Å². The van der Waals surface area contributed by atoms with Crippen molar-refractivity contribution in [2.45, 2.75) is 31.6 Å². The van der Waals surface area contributed by atoms with Crippen molar-refractivity contribution in [3.05, 3.63) is 22.7 Å². The molecule has 0 saturated heterocycles. The highest BCUT2D eigenvalue weighted by Crippen LogP contribution is 2.27. The summed E-state index contributed by atoms with van der Waals surface area (Å²) < 4.78 is 27.8. The first-order valence-corrected chi connectivity index (χ1v) is 8.73. The first kappa shape index (κ1) is 17.4. The van der Waals surface area contributed by atoms with Gasteiger partial charge in [0.2, 0.25) is 10.0 Å². The molecule has 0 bridgehead atoms. The summed E-state index contributed by atoms with van der Waals surface area (Å²) in [5.74, 6) is 0. The number of hydrogen-bond donors (Lipinski definition) is 3. The number of hydrogen-bond acceptors (Lipinski definition) is 4. The van der Waals surface area contributed by atoms with E-state index in [0.717, 1.165) is 0 Å². The molecule has 4 N–H and O–H groups in total. The molecule has 0 unspecified atom stereocenters. The van der Waals surface area contributed by atoms with Crippen LogP contribution in [0.15, 0.2) is 27.6 Å². The lowest BCUT2D eigenvalue weighted by Gasteiger charge is -2.29. The molecule has 20 heavy (non-hydrogen) atoms. The van der Waals surface area contributed by atoms with Crippen LogP contribution in [0.25, 0.3) is 0 Å². The van der Waals surface area contributed by atoms with E-state index in [1.807, 2.05) is 13.8 Å². The minimum Gasteiger partial charge on any atom is -0.398 e. The third-order valence-electron chi connectivity index (χ3n) is 3.74. The van der Waals surface area contributed by atoms with Crippen molar-refractivity contribution in [2.75, 3.05) is 18.9 Å². The van der Waals surface area contributed by atoms with Gasteiger partial charge in [0.25, 0.3) is 0 Å². The summed E-state index contributed by atoms with van der Waals surface area (Å²) in [6.45, 7) is 3.99. The molecule has 5 nitrogen and oxygen atoms in total. The maximum atomic E-state index is 12.3. The predicted molar refractivity (Wildman–Crippen MR) is 83.8 cm³/mol. The molecule has 1 aromatic carbocycles. The molecule has 7 heteroatoms. The molecule has 0 amide bonds. The van der Waals surface area contributed by atoms with Crippen LogP contribution in [0.4, 0.5) is 5.69 Å². The van der Waals surface area contributed by atoms with Gasteiger partial charge in [-0.05, 0) is 31.0 Å². The molecule has 0 aliphatic carbocycles. The Morgan fingerprint density at radius 2 is 1.95 bits per heavy atom. The third kappa shape index (κ3) is 3.94. The molecule has 114 valence electrons. The second-order valence-electron chi connectivity index (χ2n) is 4.87. The fraction of sp³-hybridized carbons (Fsp3) is 0.538. The number of benzene rings is 1. The molecular formula is C13H21BrN2O3S. The predicted octanol–water partition coefficient (Wildman–Crippen LogP) is 2.11. The zero-order valence-corrected chi connectivity index (χ0v) is 14.1. The van der Waals surface area contributed by atoms with E-state index in [9.17, 15) is 13.5 Å². The van der Waals surface area contributed by atoms with Crippen LogP contribution >= 0.6 is 15.9 Å². The van der Waals surface area contributed by atoms with Crippen LogP contribution in [0, 0.1) is 5.41 Å². The average Bonchev–Trinajstić information content (AvgIpc) is 2.43.